The SMILES string of the molecule is NC(=O)c1ccccc1C1=CC=CC=NN1. The van der Waals surface area contributed by atoms with Gasteiger partial charge >= 0.3 is 0 Å². The molecule has 1 aliphatic heterocycles. The van der Waals surface area contributed by atoms with Crippen molar-refractivity contribution in [2.24, 2.45) is 10.8 Å². The Balaban J connectivity index is 2.47. The summed E-state index contributed by atoms with van der Waals surface area (Å²) in [4.78, 5) is 11.3. The van der Waals surface area contributed by atoms with Crippen molar-refractivity contribution >= 4 is 17.8 Å². The minimum Gasteiger partial charge on any atom is -0.366 e. The van der Waals surface area contributed by atoms with Crippen LogP contribution in [0.15, 0.2) is 47.6 Å². The van der Waals surface area contributed by atoms with Crippen LogP contribution in [0.1, 0.15) is 15.9 Å². The molecular weight excluding hydrogens is 202 g/mol. The van der Waals surface area contributed by atoms with Crippen LogP contribution in [0.5, 0.6) is 0 Å². The molecule has 0 atom stereocenters. The molecule has 1 amide bonds. The van der Waals surface area contributed by atoms with Crippen molar-refractivity contribution in [2.45, 2.75) is 0 Å². The van der Waals surface area contributed by atoms with Crippen molar-refractivity contribution < 1.29 is 4.79 Å². The average molecular weight is 213 g/mol. The molecule has 16 heavy (non-hydrogen) atoms. The van der Waals surface area contributed by atoms with Crippen LogP contribution in [0, 0.1) is 0 Å². The summed E-state index contributed by atoms with van der Waals surface area (Å²) < 4.78 is 0. The largest absolute Gasteiger partial charge is 0.366 e. The molecule has 0 aliphatic carbocycles. The zero-order valence-corrected chi connectivity index (χ0v) is 8.55. The minimum absolute atomic E-state index is 0.449. The maximum atomic E-state index is 11.3. The summed E-state index contributed by atoms with van der Waals surface area (Å²) in [5, 5.41) is 3.95. The Labute approximate surface area is 93.2 Å². The van der Waals surface area contributed by atoms with Crippen LogP contribution in [0.3, 0.4) is 0 Å². The predicted octanol–water partition coefficient (Wildman–Crippen LogP) is 1.27. The highest BCUT2D eigenvalue weighted by Gasteiger charge is 2.10. The molecule has 1 aromatic rings. The Kier molecular flexibility index (Phi) is 2.82. The zero-order valence-electron chi connectivity index (χ0n) is 8.55. The van der Waals surface area contributed by atoms with Gasteiger partial charge in [-0.15, -0.1) is 0 Å². The van der Waals surface area contributed by atoms with Crippen LogP contribution in [-0.2, 0) is 0 Å². The molecule has 0 fully saturated rings. The van der Waals surface area contributed by atoms with E-state index >= 15 is 0 Å². The van der Waals surface area contributed by atoms with Gasteiger partial charge in [-0.25, -0.2) is 0 Å². The van der Waals surface area contributed by atoms with E-state index in [4.69, 9.17) is 5.73 Å². The Morgan fingerprint density at radius 1 is 1.25 bits per heavy atom. The minimum atomic E-state index is -0.449. The maximum Gasteiger partial charge on any atom is 0.249 e. The van der Waals surface area contributed by atoms with Crippen LogP contribution in [0.4, 0.5) is 0 Å². The first-order valence-electron chi connectivity index (χ1n) is 4.84. The fraction of sp³-hybridized carbons (Fsp3) is 0. The second-order valence-corrected chi connectivity index (χ2v) is 3.27. The summed E-state index contributed by atoms with van der Waals surface area (Å²) in [6.45, 7) is 0. The molecule has 0 aromatic heterocycles. The number of primary amides is 1. The van der Waals surface area contributed by atoms with Crippen molar-refractivity contribution in [2.75, 3.05) is 0 Å². The lowest BCUT2D eigenvalue weighted by Gasteiger charge is -2.09. The first kappa shape index (κ1) is 10.2. The van der Waals surface area contributed by atoms with Gasteiger partial charge in [0.2, 0.25) is 5.91 Å². The number of hydrogen-bond acceptors (Lipinski definition) is 3. The maximum absolute atomic E-state index is 11.3. The van der Waals surface area contributed by atoms with Gasteiger partial charge in [-0.2, -0.15) is 5.10 Å². The van der Waals surface area contributed by atoms with Crippen molar-refractivity contribution in [1.29, 1.82) is 0 Å². The number of nitrogens with one attached hydrogen (secondary N) is 1. The molecule has 3 N–H and O–H groups in total. The van der Waals surface area contributed by atoms with Gasteiger partial charge in [0.25, 0.3) is 0 Å². The van der Waals surface area contributed by atoms with Crippen molar-refractivity contribution in [3.63, 3.8) is 0 Å². The van der Waals surface area contributed by atoms with E-state index in [2.05, 4.69) is 10.5 Å². The normalized spacial score (nSPS) is 13.9. The molecule has 0 spiro atoms. The number of carbonyl (C=O) groups is 1. The fourth-order valence-electron chi connectivity index (χ4n) is 1.47. The molecular formula is C12H11N3O. The molecule has 0 saturated carbocycles. The van der Waals surface area contributed by atoms with E-state index in [9.17, 15) is 4.79 Å². The Hall–Kier alpha value is -2.36. The number of nitrogens with zero attached hydrogens (tertiary/aromatic N) is 1. The van der Waals surface area contributed by atoms with Crippen molar-refractivity contribution in [3.8, 4) is 0 Å². The van der Waals surface area contributed by atoms with E-state index in [-0.39, 0.29) is 0 Å². The third kappa shape index (κ3) is 2.00. The van der Waals surface area contributed by atoms with Crippen LogP contribution < -0.4 is 11.2 Å². The Morgan fingerprint density at radius 2 is 2.06 bits per heavy atom. The standard InChI is InChI=1S/C12H11N3O/c13-12(16)10-6-2-1-5-9(10)11-7-3-4-8-14-15-11/h1-8,15H,(H2,13,16). The Morgan fingerprint density at radius 3 is 2.88 bits per heavy atom. The molecule has 4 nitrogen and oxygen atoms in total. The third-order valence-corrected chi connectivity index (χ3v) is 2.20. The number of allylic oxidation sites excluding steroid dienone is 3. The summed E-state index contributed by atoms with van der Waals surface area (Å²) in [5.41, 5.74) is 10.1. The van der Waals surface area contributed by atoms with Gasteiger partial charge in [0.1, 0.15) is 0 Å². The molecule has 0 unspecified atom stereocenters. The van der Waals surface area contributed by atoms with Gasteiger partial charge in [0, 0.05) is 17.3 Å². The van der Waals surface area contributed by atoms with E-state index in [0.717, 1.165) is 11.3 Å². The number of benzene rings is 1. The number of hydrazone groups is 1. The quantitative estimate of drug-likeness (QED) is 0.776. The Bertz CT molecular complexity index is 501. The summed E-state index contributed by atoms with van der Waals surface area (Å²) in [6, 6.07) is 7.15. The topological polar surface area (TPSA) is 67.5 Å². The molecule has 1 heterocycles. The molecule has 0 bridgehead atoms. The second kappa shape index (κ2) is 4.44. The first-order chi connectivity index (χ1) is 7.79. The number of hydrogen-bond donors (Lipinski definition) is 2. The zero-order chi connectivity index (χ0) is 11.4. The molecule has 4 heteroatoms. The molecule has 2 rings (SSSR count). The van der Waals surface area contributed by atoms with E-state index in [1.165, 1.54) is 0 Å². The van der Waals surface area contributed by atoms with Gasteiger partial charge in [-0.1, -0.05) is 24.3 Å². The molecule has 1 aromatic carbocycles. The molecule has 0 radical (unpaired) electrons. The van der Waals surface area contributed by atoms with Crippen LogP contribution >= 0.6 is 0 Å². The van der Waals surface area contributed by atoms with Crippen LogP contribution in [0.25, 0.3) is 5.70 Å². The number of nitrogens with two attached hydrogens (primary N) is 1. The summed E-state index contributed by atoms with van der Waals surface area (Å²) >= 11 is 0. The van der Waals surface area contributed by atoms with E-state index in [0.29, 0.717) is 5.56 Å². The smallest absolute Gasteiger partial charge is 0.249 e. The lowest BCUT2D eigenvalue weighted by Crippen LogP contribution is -2.15. The highest BCUT2D eigenvalue weighted by atomic mass is 16.1. The highest BCUT2D eigenvalue weighted by Crippen LogP contribution is 2.17. The number of carbonyl (C=O) groups excluding carboxylic acids is 1. The van der Waals surface area contributed by atoms with Gasteiger partial charge in [-0.05, 0) is 18.2 Å². The summed E-state index contributed by atoms with van der Waals surface area (Å²) in [7, 11) is 0. The van der Waals surface area contributed by atoms with E-state index < -0.39 is 5.91 Å². The van der Waals surface area contributed by atoms with Gasteiger partial charge in [-0.3, -0.25) is 10.2 Å². The molecule has 80 valence electrons. The van der Waals surface area contributed by atoms with Crippen LogP contribution in [-0.4, -0.2) is 12.1 Å². The highest BCUT2D eigenvalue weighted by molar-refractivity contribution is 5.98. The second-order valence-electron chi connectivity index (χ2n) is 3.27. The first-order valence-corrected chi connectivity index (χ1v) is 4.84. The summed E-state index contributed by atoms with van der Waals surface area (Å²) in [6.07, 6.45) is 7.12. The molecule has 0 saturated heterocycles. The fourth-order valence-corrected chi connectivity index (χ4v) is 1.47. The lowest BCUT2D eigenvalue weighted by molar-refractivity contribution is 0.1000. The third-order valence-electron chi connectivity index (χ3n) is 2.20. The van der Waals surface area contributed by atoms with Gasteiger partial charge < -0.3 is 5.73 Å². The van der Waals surface area contributed by atoms with E-state index in [1.54, 1.807) is 24.4 Å². The van der Waals surface area contributed by atoms with Crippen LogP contribution in [0.2, 0.25) is 0 Å². The monoisotopic (exact) mass is 213 g/mol. The van der Waals surface area contributed by atoms with Crippen molar-refractivity contribution in [3.05, 3.63) is 53.6 Å². The summed E-state index contributed by atoms with van der Waals surface area (Å²) in [5.74, 6) is -0.449. The predicted molar refractivity (Wildman–Crippen MR) is 63.7 cm³/mol. The van der Waals surface area contributed by atoms with Gasteiger partial charge in [0.15, 0.2) is 0 Å². The van der Waals surface area contributed by atoms with E-state index in [1.807, 2.05) is 24.3 Å². The number of rotatable bonds is 2. The lowest BCUT2D eigenvalue weighted by atomic mass is 10.0. The number of amides is 1. The van der Waals surface area contributed by atoms with Crippen molar-refractivity contribution in [1.82, 2.24) is 5.43 Å². The average Bonchev–Trinajstić information content (AvgIpc) is 2.57. The molecule has 1 aliphatic rings. The van der Waals surface area contributed by atoms with Gasteiger partial charge in [0.05, 0.1) is 5.70 Å².